The van der Waals surface area contributed by atoms with Gasteiger partial charge in [0.1, 0.15) is 5.76 Å². The van der Waals surface area contributed by atoms with Gasteiger partial charge in [0, 0.05) is 25.7 Å². The maximum atomic E-state index is 11.5. The molecule has 32 heavy (non-hydrogen) atoms. The maximum absolute atomic E-state index is 11.5. The van der Waals surface area contributed by atoms with E-state index in [1.165, 1.54) is 6.92 Å². The fraction of sp³-hybridized carbons (Fsp3) is 0.769. The highest BCUT2D eigenvalue weighted by Crippen LogP contribution is 2.38. The zero-order valence-electron chi connectivity index (χ0n) is 20.7. The molecule has 6 nitrogen and oxygen atoms in total. The van der Waals surface area contributed by atoms with Crippen LogP contribution in [0.25, 0.3) is 0 Å². The lowest BCUT2D eigenvalue weighted by Gasteiger charge is -2.29. The Morgan fingerprint density at radius 3 is 2.47 bits per heavy atom. The molecule has 0 saturated heterocycles. The first-order valence-electron chi connectivity index (χ1n) is 12.2. The first-order chi connectivity index (χ1) is 15.1. The number of ether oxygens (including phenoxy) is 2. The molecule has 6 heteroatoms. The van der Waals surface area contributed by atoms with Crippen molar-refractivity contribution in [3.8, 4) is 0 Å². The van der Waals surface area contributed by atoms with Gasteiger partial charge in [-0.1, -0.05) is 58.6 Å². The second kappa shape index (κ2) is 14.5. The van der Waals surface area contributed by atoms with Gasteiger partial charge in [0.25, 0.3) is 0 Å². The highest BCUT2D eigenvalue weighted by atomic mass is 16.5. The molecule has 0 fully saturated rings. The number of carbonyl (C=O) groups is 2. The summed E-state index contributed by atoms with van der Waals surface area (Å²) in [7, 11) is 0. The third-order valence-electron chi connectivity index (χ3n) is 6.19. The largest absolute Gasteiger partial charge is 0.466 e. The molecule has 0 saturated carbocycles. The highest BCUT2D eigenvalue weighted by Gasteiger charge is 2.34. The van der Waals surface area contributed by atoms with E-state index >= 15 is 0 Å². The summed E-state index contributed by atoms with van der Waals surface area (Å²) >= 11 is 0. The lowest BCUT2D eigenvalue weighted by atomic mass is 9.80. The van der Waals surface area contributed by atoms with Crippen molar-refractivity contribution in [3.63, 3.8) is 0 Å². The minimum atomic E-state index is -0.662. The number of carbonyl (C=O) groups excluding carboxylic acids is 2. The Morgan fingerprint density at radius 1 is 1.16 bits per heavy atom. The van der Waals surface area contributed by atoms with E-state index in [1.807, 2.05) is 6.08 Å². The van der Waals surface area contributed by atoms with Crippen molar-refractivity contribution in [1.29, 1.82) is 0 Å². The third-order valence-corrected chi connectivity index (χ3v) is 6.19. The summed E-state index contributed by atoms with van der Waals surface area (Å²) in [6.07, 6.45) is 10.5. The second-order valence-electron chi connectivity index (χ2n) is 9.48. The number of esters is 2. The summed E-state index contributed by atoms with van der Waals surface area (Å²) < 4.78 is 10.4. The van der Waals surface area contributed by atoms with Crippen molar-refractivity contribution in [2.24, 2.45) is 11.3 Å². The van der Waals surface area contributed by atoms with Gasteiger partial charge >= 0.3 is 11.9 Å². The van der Waals surface area contributed by atoms with Gasteiger partial charge in [-0.25, -0.2) is 0 Å². The summed E-state index contributed by atoms with van der Waals surface area (Å²) in [5, 5.41) is 21.3. The van der Waals surface area contributed by atoms with E-state index in [9.17, 15) is 19.8 Å². The van der Waals surface area contributed by atoms with Crippen LogP contribution in [0.4, 0.5) is 0 Å². The van der Waals surface area contributed by atoms with Gasteiger partial charge in [0.2, 0.25) is 0 Å². The predicted octanol–water partition coefficient (Wildman–Crippen LogP) is 5.22. The van der Waals surface area contributed by atoms with Crippen LogP contribution in [0, 0.1) is 11.3 Å². The molecule has 0 aliphatic heterocycles. The molecule has 0 amide bonds. The van der Waals surface area contributed by atoms with Crippen molar-refractivity contribution in [2.45, 2.75) is 111 Å². The maximum Gasteiger partial charge on any atom is 0.307 e. The third kappa shape index (κ3) is 9.86. The topological polar surface area (TPSA) is 93.1 Å². The molecule has 1 aliphatic carbocycles. The van der Waals surface area contributed by atoms with Crippen molar-refractivity contribution in [2.75, 3.05) is 6.61 Å². The molecule has 3 atom stereocenters. The molecule has 0 radical (unpaired) electrons. The highest BCUT2D eigenvalue weighted by molar-refractivity contribution is 5.69. The van der Waals surface area contributed by atoms with Gasteiger partial charge in [0.05, 0.1) is 18.8 Å². The first kappa shape index (κ1) is 28.4. The molecule has 1 aliphatic rings. The Labute approximate surface area is 194 Å². The van der Waals surface area contributed by atoms with E-state index in [0.717, 1.165) is 50.5 Å². The van der Waals surface area contributed by atoms with Gasteiger partial charge in [-0.05, 0) is 43.6 Å². The quantitative estimate of drug-likeness (QED) is 0.201. The molecule has 0 aromatic rings. The van der Waals surface area contributed by atoms with Crippen LogP contribution in [0.15, 0.2) is 23.5 Å². The summed E-state index contributed by atoms with van der Waals surface area (Å²) in [6.45, 7) is 9.83. The molecule has 0 bridgehead atoms. The fourth-order valence-electron chi connectivity index (χ4n) is 4.13. The van der Waals surface area contributed by atoms with Crippen LogP contribution in [0.1, 0.15) is 98.8 Å². The van der Waals surface area contributed by atoms with E-state index in [4.69, 9.17) is 9.47 Å². The van der Waals surface area contributed by atoms with Gasteiger partial charge in [0.15, 0.2) is 0 Å². The van der Waals surface area contributed by atoms with Crippen LogP contribution in [0.5, 0.6) is 0 Å². The number of rotatable bonds is 15. The van der Waals surface area contributed by atoms with Gasteiger partial charge < -0.3 is 19.7 Å². The number of aliphatic hydroxyl groups excluding tert-OH is 2. The van der Waals surface area contributed by atoms with Gasteiger partial charge in [-0.3, -0.25) is 9.59 Å². The van der Waals surface area contributed by atoms with Gasteiger partial charge in [-0.15, -0.1) is 0 Å². The average molecular weight is 453 g/mol. The smallest absolute Gasteiger partial charge is 0.307 e. The summed E-state index contributed by atoms with van der Waals surface area (Å²) in [5.74, 6) is -0.243. The normalized spacial score (nSPS) is 20.1. The van der Waals surface area contributed by atoms with Crippen LogP contribution < -0.4 is 0 Å². The Kier molecular flexibility index (Phi) is 12.8. The summed E-state index contributed by atoms with van der Waals surface area (Å²) in [6, 6.07) is 0. The Balaban J connectivity index is 2.74. The molecule has 2 N–H and O–H groups in total. The van der Waals surface area contributed by atoms with E-state index in [-0.39, 0.29) is 23.3 Å². The molecule has 1 rings (SSSR count). The Bertz CT molecular complexity index is 649. The van der Waals surface area contributed by atoms with Crippen molar-refractivity contribution in [3.05, 3.63) is 23.5 Å². The lowest BCUT2D eigenvalue weighted by Crippen LogP contribution is -2.28. The molecular weight excluding hydrogens is 408 g/mol. The minimum absolute atomic E-state index is 0.156. The van der Waals surface area contributed by atoms with Crippen molar-refractivity contribution < 1.29 is 29.3 Å². The minimum Gasteiger partial charge on any atom is -0.466 e. The first-order valence-corrected chi connectivity index (χ1v) is 12.2. The molecule has 184 valence electrons. The van der Waals surface area contributed by atoms with Crippen LogP contribution in [-0.4, -0.2) is 41.0 Å². The standard InChI is InChI=1S/C26H44O6/c1-6-8-17-26(4,5)24(29)16-15-20-21(23(18-22(20)28)32-19(3)27)13-11-9-10-12-14-25(30)31-7-2/h15-16,20,22,24,28-29H,6-14,17-18H2,1-5H3/b16-15+/t20-,22-,24-/m1/s1. The SMILES string of the molecule is CCCCC(C)(C)[C@H](O)/C=C/[C@@H]1C(CCCCCCC(=O)OCC)=C(OC(C)=O)C[C@H]1O. The predicted molar refractivity (Wildman–Crippen MR) is 126 cm³/mol. The zero-order valence-corrected chi connectivity index (χ0v) is 20.7. The summed E-state index contributed by atoms with van der Waals surface area (Å²) in [4.78, 5) is 23.0. The molecule has 0 spiro atoms. The van der Waals surface area contributed by atoms with Crippen LogP contribution >= 0.6 is 0 Å². The molecule has 0 aromatic carbocycles. The zero-order chi connectivity index (χ0) is 24.1. The van der Waals surface area contributed by atoms with E-state index in [2.05, 4.69) is 20.8 Å². The number of hydrogen-bond donors (Lipinski definition) is 2. The van der Waals surface area contributed by atoms with Crippen molar-refractivity contribution in [1.82, 2.24) is 0 Å². The van der Waals surface area contributed by atoms with Crippen LogP contribution in [-0.2, 0) is 19.1 Å². The molecule has 0 unspecified atom stereocenters. The Hall–Kier alpha value is -1.66. The van der Waals surface area contributed by atoms with Crippen molar-refractivity contribution >= 4 is 11.9 Å². The number of hydrogen-bond acceptors (Lipinski definition) is 6. The number of aliphatic hydroxyl groups is 2. The van der Waals surface area contributed by atoms with E-state index < -0.39 is 12.2 Å². The van der Waals surface area contributed by atoms with E-state index in [0.29, 0.717) is 31.6 Å². The fourth-order valence-corrected chi connectivity index (χ4v) is 4.13. The second-order valence-corrected chi connectivity index (χ2v) is 9.48. The van der Waals surface area contributed by atoms with Crippen LogP contribution in [0.3, 0.4) is 0 Å². The number of unbranched alkanes of at least 4 members (excludes halogenated alkanes) is 4. The van der Waals surface area contributed by atoms with E-state index in [1.54, 1.807) is 13.0 Å². The van der Waals surface area contributed by atoms with Crippen LogP contribution in [0.2, 0.25) is 0 Å². The molecule has 0 aromatic heterocycles. The lowest BCUT2D eigenvalue weighted by molar-refractivity contribution is -0.143. The Morgan fingerprint density at radius 2 is 1.84 bits per heavy atom. The monoisotopic (exact) mass is 452 g/mol. The average Bonchev–Trinajstić information content (AvgIpc) is 3.00. The molecular formula is C26H44O6. The summed E-state index contributed by atoms with van der Waals surface area (Å²) in [5.41, 5.74) is 0.699. The molecule has 0 heterocycles. The van der Waals surface area contributed by atoms with Gasteiger partial charge in [-0.2, -0.15) is 0 Å².